The molecule has 0 unspecified atom stereocenters. The predicted octanol–water partition coefficient (Wildman–Crippen LogP) is 3.07. The van der Waals surface area contributed by atoms with Gasteiger partial charge >= 0.3 is 5.97 Å². The highest BCUT2D eigenvalue weighted by atomic mass is 32.1. The van der Waals surface area contributed by atoms with Gasteiger partial charge < -0.3 is 19.6 Å². The number of hydrogen-bond acceptors (Lipinski definition) is 5. The standard InChI is InChI=1S/C17H19NO5S/c1-11-2-3-12(23-11)13-4-5-14(24-13)16(21)18-17(10-15(19)20)6-8-22-9-7-17/h2-5H,6-10H2,1H3,(H,18,21)(H,19,20). The van der Waals surface area contributed by atoms with Crippen molar-refractivity contribution in [3.63, 3.8) is 0 Å². The van der Waals surface area contributed by atoms with Gasteiger partial charge in [0.15, 0.2) is 0 Å². The van der Waals surface area contributed by atoms with Crippen molar-refractivity contribution in [3.8, 4) is 10.6 Å². The Labute approximate surface area is 143 Å². The van der Waals surface area contributed by atoms with E-state index in [1.165, 1.54) is 11.3 Å². The molecule has 1 fully saturated rings. The van der Waals surface area contributed by atoms with E-state index in [1.54, 1.807) is 6.07 Å². The fourth-order valence-corrected chi connectivity index (χ4v) is 3.72. The molecule has 0 atom stereocenters. The number of aliphatic carboxylic acids is 1. The van der Waals surface area contributed by atoms with Crippen LogP contribution in [0.25, 0.3) is 10.6 Å². The van der Waals surface area contributed by atoms with Crippen LogP contribution >= 0.6 is 11.3 Å². The molecule has 3 rings (SSSR count). The first-order valence-corrected chi connectivity index (χ1v) is 8.58. The topological polar surface area (TPSA) is 88.8 Å². The van der Waals surface area contributed by atoms with E-state index in [4.69, 9.17) is 14.3 Å². The molecule has 0 radical (unpaired) electrons. The minimum absolute atomic E-state index is 0.0995. The zero-order chi connectivity index (χ0) is 17.2. The molecule has 128 valence electrons. The second-order valence-electron chi connectivity index (χ2n) is 5.99. The van der Waals surface area contributed by atoms with E-state index >= 15 is 0 Å². The third-order valence-corrected chi connectivity index (χ3v) is 5.23. The van der Waals surface area contributed by atoms with E-state index in [1.807, 2.05) is 25.1 Å². The van der Waals surface area contributed by atoms with Crippen LogP contribution in [0.5, 0.6) is 0 Å². The third kappa shape index (κ3) is 3.68. The number of thiophene rings is 1. The second kappa shape index (κ2) is 6.78. The third-order valence-electron chi connectivity index (χ3n) is 4.13. The molecule has 2 N–H and O–H groups in total. The van der Waals surface area contributed by atoms with E-state index in [2.05, 4.69) is 5.32 Å². The van der Waals surface area contributed by atoms with Crippen LogP contribution in [0.3, 0.4) is 0 Å². The summed E-state index contributed by atoms with van der Waals surface area (Å²) < 4.78 is 10.9. The van der Waals surface area contributed by atoms with Crippen LogP contribution in [0, 0.1) is 6.92 Å². The molecule has 0 saturated carbocycles. The van der Waals surface area contributed by atoms with Crippen molar-refractivity contribution in [1.29, 1.82) is 0 Å². The first kappa shape index (κ1) is 16.7. The van der Waals surface area contributed by atoms with Crippen molar-refractivity contribution < 1.29 is 23.8 Å². The number of nitrogens with one attached hydrogen (secondary N) is 1. The Morgan fingerprint density at radius 1 is 1.25 bits per heavy atom. The summed E-state index contributed by atoms with van der Waals surface area (Å²) in [6.07, 6.45) is 0.902. The summed E-state index contributed by atoms with van der Waals surface area (Å²) in [5.41, 5.74) is -0.743. The van der Waals surface area contributed by atoms with Crippen molar-refractivity contribution >= 4 is 23.2 Å². The number of carboxylic acid groups (broad SMARTS) is 1. The van der Waals surface area contributed by atoms with Gasteiger partial charge in [-0.05, 0) is 44.0 Å². The average molecular weight is 349 g/mol. The molecule has 6 nitrogen and oxygen atoms in total. The number of hydrogen-bond donors (Lipinski definition) is 2. The summed E-state index contributed by atoms with van der Waals surface area (Å²) >= 11 is 1.33. The average Bonchev–Trinajstić information content (AvgIpc) is 3.15. The summed E-state index contributed by atoms with van der Waals surface area (Å²) in [7, 11) is 0. The second-order valence-corrected chi connectivity index (χ2v) is 7.08. The Bertz CT molecular complexity index is 742. The number of carboxylic acids is 1. The number of amides is 1. The molecule has 1 aliphatic rings. The van der Waals surface area contributed by atoms with Gasteiger partial charge in [-0.2, -0.15) is 0 Å². The molecule has 2 aromatic heterocycles. The first-order chi connectivity index (χ1) is 11.5. The Hall–Kier alpha value is -2.12. The minimum Gasteiger partial charge on any atom is -0.481 e. The highest BCUT2D eigenvalue weighted by molar-refractivity contribution is 7.17. The van der Waals surface area contributed by atoms with Crippen molar-refractivity contribution in [2.45, 2.75) is 31.7 Å². The Kier molecular flexibility index (Phi) is 4.73. The van der Waals surface area contributed by atoms with Crippen LogP contribution < -0.4 is 5.32 Å². The van der Waals surface area contributed by atoms with Gasteiger partial charge in [-0.15, -0.1) is 11.3 Å². The normalized spacial score (nSPS) is 16.7. The van der Waals surface area contributed by atoms with E-state index in [0.29, 0.717) is 30.9 Å². The smallest absolute Gasteiger partial charge is 0.305 e. The fraction of sp³-hybridized carbons (Fsp3) is 0.412. The molecule has 0 aliphatic carbocycles. The number of carbonyl (C=O) groups excluding carboxylic acids is 1. The summed E-state index contributed by atoms with van der Waals surface area (Å²) in [6.45, 7) is 2.77. The quantitative estimate of drug-likeness (QED) is 0.866. The molecule has 0 spiro atoms. The lowest BCUT2D eigenvalue weighted by atomic mass is 9.86. The van der Waals surface area contributed by atoms with Gasteiger partial charge in [0.25, 0.3) is 5.91 Å². The first-order valence-electron chi connectivity index (χ1n) is 7.76. The summed E-state index contributed by atoms with van der Waals surface area (Å²) in [6, 6.07) is 7.32. The largest absolute Gasteiger partial charge is 0.481 e. The molecule has 1 saturated heterocycles. The van der Waals surface area contributed by atoms with Crippen molar-refractivity contribution in [3.05, 3.63) is 34.9 Å². The minimum atomic E-state index is -0.921. The number of furan rings is 1. The van der Waals surface area contributed by atoms with Crippen LogP contribution in [-0.2, 0) is 9.53 Å². The van der Waals surface area contributed by atoms with Crippen molar-refractivity contribution in [2.75, 3.05) is 13.2 Å². The zero-order valence-corrected chi connectivity index (χ0v) is 14.1. The molecule has 2 aromatic rings. The molecule has 0 aromatic carbocycles. The summed E-state index contributed by atoms with van der Waals surface area (Å²) in [4.78, 5) is 25.2. The van der Waals surface area contributed by atoms with Gasteiger partial charge in [0.2, 0.25) is 0 Å². The Balaban J connectivity index is 1.75. The lowest BCUT2D eigenvalue weighted by molar-refractivity contribution is -0.139. The molecule has 3 heterocycles. The van der Waals surface area contributed by atoms with Crippen LogP contribution in [0.15, 0.2) is 28.7 Å². The maximum Gasteiger partial charge on any atom is 0.305 e. The monoisotopic (exact) mass is 349 g/mol. The highest BCUT2D eigenvalue weighted by Crippen LogP contribution is 2.31. The lowest BCUT2D eigenvalue weighted by Crippen LogP contribution is -2.53. The van der Waals surface area contributed by atoms with Crippen molar-refractivity contribution in [2.24, 2.45) is 0 Å². The van der Waals surface area contributed by atoms with Crippen LogP contribution in [-0.4, -0.2) is 35.7 Å². The van der Waals surface area contributed by atoms with Gasteiger partial charge in [0, 0.05) is 13.2 Å². The zero-order valence-electron chi connectivity index (χ0n) is 13.3. The highest BCUT2D eigenvalue weighted by Gasteiger charge is 2.36. The van der Waals surface area contributed by atoms with E-state index in [9.17, 15) is 9.59 Å². The van der Waals surface area contributed by atoms with E-state index in [-0.39, 0.29) is 12.3 Å². The fourth-order valence-electron chi connectivity index (χ4n) is 2.86. The van der Waals surface area contributed by atoms with Gasteiger partial charge in [-0.1, -0.05) is 0 Å². The molecular formula is C17H19NO5S. The van der Waals surface area contributed by atoms with Crippen LogP contribution in [0.4, 0.5) is 0 Å². The summed E-state index contributed by atoms with van der Waals surface area (Å²) in [5.74, 6) is 0.364. The molecule has 24 heavy (non-hydrogen) atoms. The Morgan fingerprint density at radius 3 is 2.62 bits per heavy atom. The van der Waals surface area contributed by atoms with E-state index in [0.717, 1.165) is 16.4 Å². The molecule has 1 aliphatic heterocycles. The molecule has 7 heteroatoms. The maximum atomic E-state index is 12.6. The predicted molar refractivity (Wildman–Crippen MR) is 89.3 cm³/mol. The number of aryl methyl sites for hydroxylation is 1. The Morgan fingerprint density at radius 2 is 2.00 bits per heavy atom. The van der Waals surface area contributed by atoms with Gasteiger partial charge in [-0.3, -0.25) is 9.59 Å². The van der Waals surface area contributed by atoms with Crippen molar-refractivity contribution in [1.82, 2.24) is 5.32 Å². The van der Waals surface area contributed by atoms with Crippen LogP contribution in [0.1, 0.15) is 34.7 Å². The lowest BCUT2D eigenvalue weighted by Gasteiger charge is -2.36. The van der Waals surface area contributed by atoms with Gasteiger partial charge in [-0.25, -0.2) is 0 Å². The molecule has 0 bridgehead atoms. The number of carbonyl (C=O) groups is 2. The maximum absolute atomic E-state index is 12.6. The van der Waals surface area contributed by atoms with Crippen LogP contribution in [0.2, 0.25) is 0 Å². The number of rotatable bonds is 5. The number of ether oxygens (including phenoxy) is 1. The molecule has 1 amide bonds. The SMILES string of the molecule is Cc1ccc(-c2ccc(C(=O)NC3(CC(=O)O)CCOCC3)s2)o1. The van der Waals surface area contributed by atoms with Gasteiger partial charge in [0.05, 0.1) is 21.7 Å². The summed E-state index contributed by atoms with van der Waals surface area (Å²) in [5, 5.41) is 12.1. The van der Waals surface area contributed by atoms with Gasteiger partial charge in [0.1, 0.15) is 11.5 Å². The molecular weight excluding hydrogens is 330 g/mol. The van der Waals surface area contributed by atoms with E-state index < -0.39 is 11.5 Å².